The molecule has 0 bridgehead atoms. The number of hydrogen-bond acceptors (Lipinski definition) is 7. The summed E-state index contributed by atoms with van der Waals surface area (Å²) in [6.07, 6.45) is 7.63. The highest BCUT2D eigenvalue weighted by atomic mass is 32.2. The zero-order valence-corrected chi connectivity index (χ0v) is 25.9. The van der Waals surface area contributed by atoms with E-state index in [9.17, 15) is 27.6 Å². The van der Waals surface area contributed by atoms with Gasteiger partial charge in [-0.1, -0.05) is 26.0 Å². The Kier molecular flexibility index (Phi) is 8.57. The Morgan fingerprint density at radius 3 is 2.46 bits per heavy atom. The lowest BCUT2D eigenvalue weighted by molar-refractivity contribution is -0.142. The van der Waals surface area contributed by atoms with E-state index in [0.717, 1.165) is 12.8 Å². The van der Waals surface area contributed by atoms with Crippen molar-refractivity contribution in [3.05, 3.63) is 12.2 Å². The van der Waals surface area contributed by atoms with Crippen LogP contribution in [-0.4, -0.2) is 71.6 Å². The number of rotatable bonds is 4. The maximum atomic E-state index is 13.9. The molecule has 4 amide bonds. The summed E-state index contributed by atoms with van der Waals surface area (Å²) in [6, 6.07) is -1.73. The van der Waals surface area contributed by atoms with Crippen LogP contribution in [0, 0.1) is 17.8 Å². The van der Waals surface area contributed by atoms with E-state index in [-0.39, 0.29) is 30.1 Å². The molecular formula is C29H46N4O7S. The van der Waals surface area contributed by atoms with Crippen LogP contribution < -0.4 is 15.4 Å². The molecule has 1 unspecified atom stereocenters. The summed E-state index contributed by atoms with van der Waals surface area (Å²) < 4.78 is 32.4. The largest absolute Gasteiger partial charge is 0.444 e. The molecule has 4 aliphatic rings. The van der Waals surface area contributed by atoms with Crippen LogP contribution in [0.3, 0.4) is 0 Å². The quantitative estimate of drug-likeness (QED) is 0.424. The van der Waals surface area contributed by atoms with Crippen LogP contribution in [-0.2, 0) is 29.1 Å². The summed E-state index contributed by atoms with van der Waals surface area (Å²) in [5.74, 6) is -1.93. The number of amides is 4. The molecule has 230 valence electrons. The number of allylic oxidation sites excluding steroid dienone is 1. The van der Waals surface area contributed by atoms with Gasteiger partial charge < -0.3 is 20.3 Å². The average molecular weight is 595 g/mol. The first-order valence-electron chi connectivity index (χ1n) is 14.8. The van der Waals surface area contributed by atoms with Gasteiger partial charge in [-0.05, 0) is 90.9 Å². The molecule has 2 heterocycles. The number of nitrogens with one attached hydrogen (secondary N) is 3. The van der Waals surface area contributed by atoms with Gasteiger partial charge in [-0.25, -0.2) is 13.2 Å². The minimum Gasteiger partial charge on any atom is -0.444 e. The highest BCUT2D eigenvalue weighted by Gasteiger charge is 2.63. The van der Waals surface area contributed by atoms with E-state index in [4.69, 9.17) is 4.74 Å². The number of ether oxygens (including phenoxy) is 1. The molecule has 0 radical (unpaired) electrons. The van der Waals surface area contributed by atoms with Crippen molar-refractivity contribution in [2.45, 2.75) is 121 Å². The van der Waals surface area contributed by atoms with Gasteiger partial charge in [-0.3, -0.25) is 19.1 Å². The fourth-order valence-corrected chi connectivity index (χ4v) is 7.27. The standard InChI is InChI=1S/C29H46N4O7S/c1-18-10-7-8-11-20-17-29(20,25(36)32-41(38,39)28(6)13-14-28)31-23(34)21-12-9-15-33(21)24(35)22(19(2)16-18)30-26(37)40-27(3,4)5/h8,11,18-22H,7,9-10,12-17H2,1-6H3,(H,30,37)(H,31,34)(H,32,36)/b11-8-/t18?,19-,20+,21+,22-,29-/m1/s1. The Balaban J connectivity index is 1.60. The zero-order chi connectivity index (χ0) is 30.4. The van der Waals surface area contributed by atoms with E-state index >= 15 is 0 Å². The van der Waals surface area contributed by atoms with Crippen LogP contribution in [0.1, 0.15) is 92.9 Å². The van der Waals surface area contributed by atoms with Gasteiger partial charge in [0.25, 0.3) is 5.91 Å². The number of carbonyl (C=O) groups is 4. The van der Waals surface area contributed by atoms with Crippen molar-refractivity contribution in [1.29, 1.82) is 0 Å². The summed E-state index contributed by atoms with van der Waals surface area (Å²) in [5.41, 5.74) is -2.14. The Hall–Kier alpha value is -2.63. The minimum absolute atomic E-state index is 0.219. The van der Waals surface area contributed by atoms with Gasteiger partial charge in [-0.2, -0.15) is 0 Å². The molecule has 2 aliphatic heterocycles. The van der Waals surface area contributed by atoms with E-state index in [0.29, 0.717) is 38.6 Å². The van der Waals surface area contributed by atoms with Gasteiger partial charge >= 0.3 is 6.09 Å². The lowest BCUT2D eigenvalue weighted by Gasteiger charge is -2.33. The average Bonchev–Trinajstić information content (AvgIpc) is 3.71. The first kappa shape index (κ1) is 31.3. The molecule has 2 aliphatic carbocycles. The lowest BCUT2D eigenvalue weighted by atomic mass is 9.88. The number of fused-ring (bicyclic) bond motifs is 2. The zero-order valence-electron chi connectivity index (χ0n) is 25.1. The van der Waals surface area contributed by atoms with Crippen LogP contribution in [0.25, 0.3) is 0 Å². The third-order valence-corrected chi connectivity index (χ3v) is 11.1. The van der Waals surface area contributed by atoms with Crippen LogP contribution in [0.4, 0.5) is 4.79 Å². The second-order valence-corrected chi connectivity index (χ2v) is 16.0. The second-order valence-electron chi connectivity index (χ2n) is 13.8. The molecule has 12 heteroatoms. The molecular weight excluding hydrogens is 548 g/mol. The third-order valence-electron chi connectivity index (χ3n) is 8.91. The van der Waals surface area contributed by atoms with Gasteiger partial charge in [0.2, 0.25) is 21.8 Å². The van der Waals surface area contributed by atoms with Crippen LogP contribution >= 0.6 is 0 Å². The highest BCUT2D eigenvalue weighted by molar-refractivity contribution is 7.91. The maximum absolute atomic E-state index is 13.9. The van der Waals surface area contributed by atoms with Gasteiger partial charge in [0.1, 0.15) is 23.2 Å². The summed E-state index contributed by atoms with van der Waals surface area (Å²) in [5, 5.41) is 5.63. The van der Waals surface area contributed by atoms with Gasteiger partial charge in [0.05, 0.1) is 4.75 Å². The van der Waals surface area contributed by atoms with Gasteiger partial charge in [-0.15, -0.1) is 0 Å². The topological polar surface area (TPSA) is 151 Å². The molecule has 0 spiro atoms. The Labute approximate surface area is 243 Å². The fourth-order valence-electron chi connectivity index (χ4n) is 5.96. The molecule has 6 atom stereocenters. The molecule has 0 aromatic rings. The fraction of sp³-hybridized carbons (Fsp3) is 0.793. The van der Waals surface area contributed by atoms with Crippen molar-refractivity contribution in [2.24, 2.45) is 17.8 Å². The van der Waals surface area contributed by atoms with E-state index in [1.54, 1.807) is 27.7 Å². The number of nitrogens with zero attached hydrogens (tertiary/aromatic N) is 1. The number of carbonyl (C=O) groups excluding carboxylic acids is 4. The SMILES string of the molecule is CC1CC/C=C\[C@H]2C[C@@]2(C(=O)NS(=O)(=O)C2(C)CC2)NC(=O)[C@@H]2CCCN2C(=O)[C@H](NC(=O)OC(C)(C)C)[C@H](C)C1. The van der Waals surface area contributed by atoms with Crippen molar-refractivity contribution in [2.75, 3.05) is 6.54 Å². The number of sulfonamides is 1. The van der Waals surface area contributed by atoms with Crippen molar-refractivity contribution in [3.63, 3.8) is 0 Å². The Morgan fingerprint density at radius 1 is 1.15 bits per heavy atom. The van der Waals surface area contributed by atoms with Crippen molar-refractivity contribution < 1.29 is 32.3 Å². The molecule has 3 fully saturated rings. The molecule has 11 nitrogen and oxygen atoms in total. The maximum Gasteiger partial charge on any atom is 0.408 e. The Morgan fingerprint density at radius 2 is 1.83 bits per heavy atom. The van der Waals surface area contributed by atoms with E-state index < -0.39 is 55.9 Å². The van der Waals surface area contributed by atoms with Crippen molar-refractivity contribution in [3.8, 4) is 0 Å². The molecule has 4 rings (SSSR count). The normalized spacial score (nSPS) is 34.6. The van der Waals surface area contributed by atoms with Crippen molar-refractivity contribution >= 4 is 33.8 Å². The van der Waals surface area contributed by atoms with Crippen LogP contribution in [0.15, 0.2) is 12.2 Å². The predicted octanol–water partition coefficient (Wildman–Crippen LogP) is 2.76. The van der Waals surface area contributed by atoms with E-state index in [1.807, 2.05) is 19.1 Å². The third kappa shape index (κ3) is 6.89. The van der Waals surface area contributed by atoms with Gasteiger partial charge in [0, 0.05) is 12.5 Å². The molecule has 3 N–H and O–H groups in total. The van der Waals surface area contributed by atoms with E-state index in [1.165, 1.54) is 4.90 Å². The van der Waals surface area contributed by atoms with E-state index in [2.05, 4.69) is 22.3 Å². The number of hydrogen-bond donors (Lipinski definition) is 3. The minimum atomic E-state index is -3.89. The monoisotopic (exact) mass is 594 g/mol. The number of alkyl carbamates (subject to hydrolysis) is 1. The molecule has 1 saturated heterocycles. The predicted molar refractivity (Wildman–Crippen MR) is 153 cm³/mol. The Bertz CT molecular complexity index is 1210. The molecule has 0 aromatic carbocycles. The smallest absolute Gasteiger partial charge is 0.408 e. The van der Waals surface area contributed by atoms with Gasteiger partial charge in [0.15, 0.2) is 0 Å². The summed E-state index contributed by atoms with van der Waals surface area (Å²) in [7, 11) is -3.89. The molecule has 41 heavy (non-hydrogen) atoms. The molecule has 0 aromatic heterocycles. The summed E-state index contributed by atoms with van der Waals surface area (Å²) >= 11 is 0. The summed E-state index contributed by atoms with van der Waals surface area (Å²) in [4.78, 5) is 55.3. The second kappa shape index (κ2) is 11.2. The first-order valence-corrected chi connectivity index (χ1v) is 16.3. The van der Waals surface area contributed by atoms with Crippen LogP contribution in [0.2, 0.25) is 0 Å². The van der Waals surface area contributed by atoms with Crippen LogP contribution in [0.5, 0.6) is 0 Å². The highest BCUT2D eigenvalue weighted by Crippen LogP contribution is 2.47. The molecule has 2 saturated carbocycles. The lowest BCUT2D eigenvalue weighted by Crippen LogP contribution is -2.59. The summed E-state index contributed by atoms with van der Waals surface area (Å²) in [6.45, 7) is 11.2. The van der Waals surface area contributed by atoms with Crippen molar-refractivity contribution in [1.82, 2.24) is 20.3 Å². The first-order chi connectivity index (χ1) is 19.0.